The fourth-order valence-electron chi connectivity index (χ4n) is 2.53. The van der Waals surface area contributed by atoms with Gasteiger partial charge in [-0.2, -0.15) is 5.10 Å². The van der Waals surface area contributed by atoms with Gasteiger partial charge in [0.2, 0.25) is 0 Å². The Morgan fingerprint density at radius 3 is 2.76 bits per heavy atom. The molecule has 0 saturated heterocycles. The predicted octanol–water partition coefficient (Wildman–Crippen LogP) is 3.57. The molecule has 0 fully saturated rings. The zero-order chi connectivity index (χ0) is 15.4. The van der Waals surface area contributed by atoms with Crippen molar-refractivity contribution in [3.63, 3.8) is 0 Å². The molecule has 2 rings (SSSR count). The lowest BCUT2D eigenvalue weighted by Crippen LogP contribution is -2.25. The van der Waals surface area contributed by atoms with Crippen LogP contribution < -0.4 is 10.1 Å². The molecule has 0 saturated carbocycles. The zero-order valence-corrected chi connectivity index (χ0v) is 13.7. The van der Waals surface area contributed by atoms with Crippen LogP contribution in [0.4, 0.5) is 0 Å². The SMILES string of the molecule is CCNC(c1ccc(C)cc1OC)c1c(Cl)cnn1CC. The van der Waals surface area contributed by atoms with E-state index in [-0.39, 0.29) is 6.04 Å². The third-order valence-corrected chi connectivity index (χ3v) is 3.81. The predicted molar refractivity (Wildman–Crippen MR) is 86.2 cm³/mol. The van der Waals surface area contributed by atoms with E-state index >= 15 is 0 Å². The minimum absolute atomic E-state index is 0.0412. The molecule has 2 aromatic rings. The van der Waals surface area contributed by atoms with Crippen molar-refractivity contribution in [3.8, 4) is 5.75 Å². The average Bonchev–Trinajstić information content (AvgIpc) is 2.86. The van der Waals surface area contributed by atoms with Crippen LogP contribution in [0.2, 0.25) is 5.02 Å². The molecule has 21 heavy (non-hydrogen) atoms. The molecule has 0 amide bonds. The summed E-state index contributed by atoms with van der Waals surface area (Å²) >= 11 is 6.37. The standard InChI is InChI=1S/C16H22ClN3O/c1-5-18-15(16-13(17)10-19-20(16)6-2)12-8-7-11(3)9-14(12)21-4/h7-10,15,18H,5-6H2,1-4H3. The fourth-order valence-corrected chi connectivity index (χ4v) is 2.78. The van der Waals surface area contributed by atoms with Crippen LogP contribution in [0, 0.1) is 6.92 Å². The highest BCUT2D eigenvalue weighted by Gasteiger charge is 2.23. The maximum Gasteiger partial charge on any atom is 0.124 e. The van der Waals surface area contributed by atoms with E-state index in [0.717, 1.165) is 30.1 Å². The maximum atomic E-state index is 6.37. The lowest BCUT2D eigenvalue weighted by atomic mass is 10.0. The van der Waals surface area contributed by atoms with Gasteiger partial charge in [0.05, 0.1) is 30.1 Å². The first-order valence-electron chi connectivity index (χ1n) is 7.21. The smallest absolute Gasteiger partial charge is 0.124 e. The summed E-state index contributed by atoms with van der Waals surface area (Å²) in [5.41, 5.74) is 3.21. The van der Waals surface area contributed by atoms with Gasteiger partial charge in [-0.1, -0.05) is 30.7 Å². The molecule has 5 heteroatoms. The second-order valence-electron chi connectivity index (χ2n) is 4.93. The third kappa shape index (κ3) is 3.22. The van der Waals surface area contributed by atoms with Crippen molar-refractivity contribution in [2.24, 2.45) is 0 Å². The number of hydrogen-bond acceptors (Lipinski definition) is 3. The van der Waals surface area contributed by atoms with E-state index in [2.05, 4.69) is 43.3 Å². The summed E-state index contributed by atoms with van der Waals surface area (Å²) in [4.78, 5) is 0. The number of halogens is 1. The van der Waals surface area contributed by atoms with Gasteiger partial charge in [-0.05, 0) is 32.0 Å². The number of nitrogens with zero attached hydrogens (tertiary/aromatic N) is 2. The molecule has 114 valence electrons. The van der Waals surface area contributed by atoms with Crippen molar-refractivity contribution in [2.45, 2.75) is 33.4 Å². The van der Waals surface area contributed by atoms with Crippen LogP contribution in [0.25, 0.3) is 0 Å². The summed E-state index contributed by atoms with van der Waals surface area (Å²) < 4.78 is 7.48. The molecule has 0 spiro atoms. The Morgan fingerprint density at radius 1 is 1.38 bits per heavy atom. The summed E-state index contributed by atoms with van der Waals surface area (Å²) in [5, 5.41) is 8.50. The maximum absolute atomic E-state index is 6.37. The van der Waals surface area contributed by atoms with Crippen molar-refractivity contribution < 1.29 is 4.74 Å². The van der Waals surface area contributed by atoms with Crippen LogP contribution in [0.3, 0.4) is 0 Å². The molecular formula is C16H22ClN3O. The molecule has 0 aliphatic heterocycles. The summed E-state index contributed by atoms with van der Waals surface area (Å²) in [5.74, 6) is 0.862. The highest BCUT2D eigenvalue weighted by molar-refractivity contribution is 6.31. The number of ether oxygens (including phenoxy) is 1. The second kappa shape index (κ2) is 6.96. The molecule has 1 aromatic carbocycles. The Labute approximate surface area is 131 Å². The van der Waals surface area contributed by atoms with Crippen molar-refractivity contribution in [1.82, 2.24) is 15.1 Å². The molecule has 0 aliphatic carbocycles. The number of hydrogen-bond donors (Lipinski definition) is 1. The van der Waals surface area contributed by atoms with E-state index in [9.17, 15) is 0 Å². The number of methoxy groups -OCH3 is 1. The van der Waals surface area contributed by atoms with Crippen LogP contribution >= 0.6 is 11.6 Å². The third-order valence-electron chi connectivity index (χ3n) is 3.51. The van der Waals surface area contributed by atoms with Gasteiger partial charge in [0.1, 0.15) is 5.75 Å². The molecule has 1 aromatic heterocycles. The number of nitrogens with one attached hydrogen (secondary N) is 1. The van der Waals surface area contributed by atoms with Crippen molar-refractivity contribution in [1.29, 1.82) is 0 Å². The van der Waals surface area contributed by atoms with Gasteiger partial charge in [-0.25, -0.2) is 0 Å². The molecule has 1 atom stereocenters. The van der Waals surface area contributed by atoms with Gasteiger partial charge >= 0.3 is 0 Å². The van der Waals surface area contributed by atoms with Crippen molar-refractivity contribution >= 4 is 11.6 Å². The fraction of sp³-hybridized carbons (Fsp3) is 0.438. The molecule has 0 bridgehead atoms. The molecule has 1 N–H and O–H groups in total. The largest absolute Gasteiger partial charge is 0.496 e. The molecule has 0 aliphatic rings. The lowest BCUT2D eigenvalue weighted by molar-refractivity contribution is 0.402. The van der Waals surface area contributed by atoms with Gasteiger partial charge in [0, 0.05) is 12.1 Å². The van der Waals surface area contributed by atoms with Crippen molar-refractivity contribution in [3.05, 3.63) is 46.2 Å². The molecule has 1 heterocycles. The van der Waals surface area contributed by atoms with E-state index in [1.54, 1.807) is 13.3 Å². The van der Waals surface area contributed by atoms with Crippen LogP contribution in [0.15, 0.2) is 24.4 Å². The minimum Gasteiger partial charge on any atom is -0.496 e. The molecule has 1 unspecified atom stereocenters. The normalized spacial score (nSPS) is 12.4. The Balaban J connectivity index is 2.56. The Hall–Kier alpha value is -1.52. The topological polar surface area (TPSA) is 39.1 Å². The van der Waals surface area contributed by atoms with E-state index in [0.29, 0.717) is 5.02 Å². The van der Waals surface area contributed by atoms with E-state index in [4.69, 9.17) is 16.3 Å². The van der Waals surface area contributed by atoms with Crippen LogP contribution in [-0.4, -0.2) is 23.4 Å². The Morgan fingerprint density at radius 2 is 2.14 bits per heavy atom. The molecule has 0 radical (unpaired) electrons. The number of aromatic nitrogens is 2. The lowest BCUT2D eigenvalue weighted by Gasteiger charge is -2.22. The van der Waals surface area contributed by atoms with Crippen LogP contribution in [0.5, 0.6) is 5.75 Å². The summed E-state index contributed by atoms with van der Waals surface area (Å²) in [7, 11) is 1.69. The molecule has 4 nitrogen and oxygen atoms in total. The van der Waals surface area contributed by atoms with E-state index in [1.165, 1.54) is 5.56 Å². The highest BCUT2D eigenvalue weighted by atomic mass is 35.5. The number of rotatable bonds is 6. The average molecular weight is 308 g/mol. The monoisotopic (exact) mass is 307 g/mol. The number of aryl methyl sites for hydroxylation is 2. The van der Waals surface area contributed by atoms with Gasteiger partial charge < -0.3 is 10.1 Å². The van der Waals surface area contributed by atoms with E-state index < -0.39 is 0 Å². The van der Waals surface area contributed by atoms with Gasteiger partial charge in [0.15, 0.2) is 0 Å². The summed E-state index contributed by atoms with van der Waals surface area (Å²) in [6, 6.07) is 6.17. The minimum atomic E-state index is -0.0412. The second-order valence-corrected chi connectivity index (χ2v) is 5.34. The van der Waals surface area contributed by atoms with Crippen LogP contribution in [0.1, 0.15) is 36.7 Å². The highest BCUT2D eigenvalue weighted by Crippen LogP contribution is 2.34. The van der Waals surface area contributed by atoms with E-state index in [1.807, 2.05) is 10.7 Å². The van der Waals surface area contributed by atoms with Crippen molar-refractivity contribution in [2.75, 3.05) is 13.7 Å². The quantitative estimate of drug-likeness (QED) is 0.886. The first-order chi connectivity index (χ1) is 10.1. The Kier molecular flexibility index (Phi) is 5.26. The van der Waals surface area contributed by atoms with Gasteiger partial charge in [-0.3, -0.25) is 4.68 Å². The van der Waals surface area contributed by atoms with Crippen LogP contribution in [-0.2, 0) is 6.54 Å². The van der Waals surface area contributed by atoms with Gasteiger partial charge in [-0.15, -0.1) is 0 Å². The summed E-state index contributed by atoms with van der Waals surface area (Å²) in [6.07, 6.45) is 1.70. The zero-order valence-electron chi connectivity index (χ0n) is 13.0. The Bertz CT molecular complexity index is 610. The first-order valence-corrected chi connectivity index (χ1v) is 7.59. The first kappa shape index (κ1) is 15.9. The molecular weight excluding hydrogens is 286 g/mol. The van der Waals surface area contributed by atoms with Gasteiger partial charge in [0.25, 0.3) is 0 Å². The number of benzene rings is 1. The summed E-state index contributed by atoms with van der Waals surface area (Å²) in [6.45, 7) is 7.79.